The molecule has 2 aliphatic rings. The number of hydrogen-bond donors (Lipinski definition) is 2. The van der Waals surface area contributed by atoms with Gasteiger partial charge < -0.3 is 24.4 Å². The molecule has 1 unspecified atom stereocenters. The smallest absolute Gasteiger partial charge is 0.308 e. The highest BCUT2D eigenvalue weighted by atomic mass is 19.1. The Kier molecular flexibility index (Phi) is 10.1. The highest BCUT2D eigenvalue weighted by Gasteiger charge is 2.47. The fraction of sp³-hybridized carbons (Fsp3) is 0.436. The lowest BCUT2D eigenvalue weighted by atomic mass is 9.83. The van der Waals surface area contributed by atoms with Crippen molar-refractivity contribution >= 4 is 28.3 Å². The minimum atomic E-state index is -0.903. The Hall–Kier alpha value is -4.37. The third-order valence-electron chi connectivity index (χ3n) is 10.2. The maximum atomic E-state index is 14.5. The van der Waals surface area contributed by atoms with E-state index in [9.17, 15) is 24.2 Å². The number of amides is 1. The maximum Gasteiger partial charge on any atom is 0.308 e. The summed E-state index contributed by atoms with van der Waals surface area (Å²) in [7, 11) is 0. The van der Waals surface area contributed by atoms with Gasteiger partial charge in [-0.2, -0.15) is 0 Å². The van der Waals surface area contributed by atoms with Gasteiger partial charge in [0.1, 0.15) is 11.6 Å². The van der Waals surface area contributed by atoms with Gasteiger partial charge in [0, 0.05) is 60.2 Å². The fourth-order valence-electron chi connectivity index (χ4n) is 7.92. The van der Waals surface area contributed by atoms with Crippen molar-refractivity contribution < 1.29 is 28.9 Å². The summed E-state index contributed by atoms with van der Waals surface area (Å²) in [6, 6.07) is 17.9. The first-order valence-corrected chi connectivity index (χ1v) is 17.3. The second kappa shape index (κ2) is 14.4. The minimum Gasteiger partial charge on any atom is -0.494 e. The van der Waals surface area contributed by atoms with Crippen LogP contribution in [-0.2, 0) is 22.6 Å². The standard InChI is InChI=1S/C39H46FN3O5/c1-4-8-29(9-5-2)43(30-13-14-33(40)25(3)20-30)36(44)24-42-23-32(26-12-15-35-27(21-26)17-19-48-35)37(39(46)47)34(42)16-18-41-22-28-10-6-7-11-31(28)38(41)45/h6-7,10-15,20-22,29,32,34,37,45H,4-5,8-9,16-19,23-24H2,1-3H3,(H,46,47)/t32-,34+,37?/m1/s1. The van der Waals surface area contributed by atoms with Crippen LogP contribution in [0.3, 0.4) is 0 Å². The molecule has 0 bridgehead atoms. The topological polar surface area (TPSA) is 95.2 Å². The number of aliphatic carboxylic acids is 1. The number of halogens is 1. The molecule has 4 aromatic rings. The number of nitrogens with zero attached hydrogens (tertiary/aromatic N) is 3. The molecule has 1 aromatic heterocycles. The maximum absolute atomic E-state index is 14.5. The van der Waals surface area contributed by atoms with Crippen LogP contribution in [0.15, 0.2) is 66.9 Å². The molecule has 2 N–H and O–H groups in total. The average molecular weight is 656 g/mol. The van der Waals surface area contributed by atoms with E-state index >= 15 is 0 Å². The van der Waals surface area contributed by atoms with E-state index in [-0.39, 0.29) is 36.1 Å². The van der Waals surface area contributed by atoms with Gasteiger partial charge in [-0.25, -0.2) is 4.39 Å². The molecule has 3 aromatic carbocycles. The molecular weight excluding hydrogens is 609 g/mol. The number of rotatable bonds is 13. The lowest BCUT2D eigenvalue weighted by molar-refractivity contribution is -0.143. The van der Waals surface area contributed by atoms with Gasteiger partial charge in [-0.1, -0.05) is 57.0 Å². The summed E-state index contributed by atoms with van der Waals surface area (Å²) < 4.78 is 21.9. The fourth-order valence-corrected chi connectivity index (χ4v) is 7.92. The van der Waals surface area contributed by atoms with Crippen LogP contribution >= 0.6 is 0 Å². The number of carboxylic acid groups (broad SMARTS) is 1. The van der Waals surface area contributed by atoms with E-state index in [1.165, 1.54) is 6.07 Å². The zero-order valence-corrected chi connectivity index (χ0v) is 28.1. The van der Waals surface area contributed by atoms with E-state index in [0.29, 0.717) is 37.4 Å². The largest absolute Gasteiger partial charge is 0.494 e. The van der Waals surface area contributed by atoms with Gasteiger partial charge in [-0.05, 0) is 73.2 Å². The SMILES string of the molecule is CCCC(CCC)N(C(=O)CN1C[C@H](c2ccc3c(c2)CCO3)C(C(=O)O)[C@@H]1CCn1cc2ccccc2c1O)c1ccc(F)c(C)c1. The van der Waals surface area contributed by atoms with Crippen LogP contribution in [-0.4, -0.2) is 63.3 Å². The minimum absolute atomic E-state index is 0.0268. The summed E-state index contributed by atoms with van der Waals surface area (Å²) in [5, 5.41) is 23.4. The summed E-state index contributed by atoms with van der Waals surface area (Å²) in [6.07, 6.45) is 6.48. The van der Waals surface area contributed by atoms with Gasteiger partial charge in [0.15, 0.2) is 5.88 Å². The number of benzene rings is 3. The number of anilines is 1. The van der Waals surface area contributed by atoms with Crippen molar-refractivity contribution in [3.8, 4) is 11.6 Å². The third kappa shape index (κ3) is 6.65. The Balaban J connectivity index is 1.35. The number of aromatic nitrogens is 1. The lowest BCUT2D eigenvalue weighted by Gasteiger charge is -2.35. The first kappa shape index (κ1) is 33.5. The van der Waals surface area contributed by atoms with Gasteiger partial charge in [0.05, 0.1) is 19.1 Å². The van der Waals surface area contributed by atoms with Gasteiger partial charge in [-0.3, -0.25) is 14.5 Å². The summed E-state index contributed by atoms with van der Waals surface area (Å²) in [6.45, 7) is 7.33. The number of carbonyl (C=O) groups is 2. The van der Waals surface area contributed by atoms with Gasteiger partial charge in [-0.15, -0.1) is 0 Å². The second-order valence-corrected chi connectivity index (χ2v) is 13.4. The molecule has 6 rings (SSSR count). The highest BCUT2D eigenvalue weighted by Crippen LogP contribution is 2.42. The predicted octanol–water partition coefficient (Wildman–Crippen LogP) is 7.29. The summed E-state index contributed by atoms with van der Waals surface area (Å²) in [4.78, 5) is 31.5. The summed E-state index contributed by atoms with van der Waals surface area (Å²) >= 11 is 0. The van der Waals surface area contributed by atoms with Crippen LogP contribution in [0.2, 0.25) is 0 Å². The molecule has 9 heteroatoms. The quantitative estimate of drug-likeness (QED) is 0.157. The van der Waals surface area contributed by atoms with Crippen LogP contribution in [0.5, 0.6) is 11.6 Å². The van der Waals surface area contributed by atoms with Crippen molar-refractivity contribution in [2.24, 2.45) is 5.92 Å². The van der Waals surface area contributed by atoms with E-state index in [2.05, 4.69) is 19.9 Å². The zero-order valence-electron chi connectivity index (χ0n) is 28.1. The van der Waals surface area contributed by atoms with Gasteiger partial charge in [0.25, 0.3) is 0 Å². The Morgan fingerprint density at radius 2 is 1.83 bits per heavy atom. The van der Waals surface area contributed by atoms with E-state index in [0.717, 1.165) is 59.8 Å². The molecule has 3 atom stereocenters. The third-order valence-corrected chi connectivity index (χ3v) is 10.2. The number of fused-ring (bicyclic) bond motifs is 2. The molecule has 8 nitrogen and oxygen atoms in total. The lowest BCUT2D eigenvalue weighted by Crippen LogP contribution is -2.48. The zero-order chi connectivity index (χ0) is 33.9. The number of ether oxygens (including phenoxy) is 1. The second-order valence-electron chi connectivity index (χ2n) is 13.4. The van der Waals surface area contributed by atoms with Gasteiger partial charge in [0.2, 0.25) is 5.91 Å². The van der Waals surface area contributed by atoms with Crippen LogP contribution in [0.1, 0.15) is 68.6 Å². The van der Waals surface area contributed by atoms with Crippen molar-refractivity contribution in [2.45, 2.75) is 83.8 Å². The monoisotopic (exact) mass is 655 g/mol. The molecule has 254 valence electrons. The number of carbonyl (C=O) groups excluding carboxylic acids is 1. The van der Waals surface area contributed by atoms with E-state index in [1.54, 1.807) is 23.6 Å². The number of likely N-dealkylation sites (tertiary alicyclic amines) is 1. The van der Waals surface area contributed by atoms with Crippen LogP contribution in [0.4, 0.5) is 10.1 Å². The number of carboxylic acids is 1. The molecule has 2 aliphatic heterocycles. The number of hydrogen-bond acceptors (Lipinski definition) is 5. The van der Waals surface area contributed by atoms with Crippen LogP contribution < -0.4 is 9.64 Å². The molecular formula is C39H46FN3O5. The van der Waals surface area contributed by atoms with Crippen molar-refractivity contribution in [3.05, 3.63) is 89.4 Å². The first-order valence-electron chi connectivity index (χ1n) is 17.3. The first-order chi connectivity index (χ1) is 23.2. The van der Waals surface area contributed by atoms with E-state index in [1.807, 2.05) is 52.4 Å². The highest BCUT2D eigenvalue weighted by molar-refractivity contribution is 5.95. The predicted molar refractivity (Wildman–Crippen MR) is 185 cm³/mol. The summed E-state index contributed by atoms with van der Waals surface area (Å²) in [5.74, 6) is -1.47. The molecule has 48 heavy (non-hydrogen) atoms. The molecule has 0 aliphatic carbocycles. The Morgan fingerprint density at radius 3 is 2.54 bits per heavy atom. The average Bonchev–Trinajstić information content (AvgIpc) is 3.77. The van der Waals surface area contributed by atoms with Crippen molar-refractivity contribution in [3.63, 3.8) is 0 Å². The van der Waals surface area contributed by atoms with Crippen molar-refractivity contribution in [1.29, 1.82) is 0 Å². The van der Waals surface area contributed by atoms with Gasteiger partial charge >= 0.3 is 5.97 Å². The molecule has 1 amide bonds. The van der Waals surface area contributed by atoms with E-state index < -0.39 is 17.9 Å². The number of aromatic hydroxyl groups is 1. The van der Waals surface area contributed by atoms with Crippen molar-refractivity contribution in [1.82, 2.24) is 9.47 Å². The molecule has 0 radical (unpaired) electrons. The molecule has 1 saturated heterocycles. The van der Waals surface area contributed by atoms with Crippen LogP contribution in [0.25, 0.3) is 10.8 Å². The van der Waals surface area contributed by atoms with E-state index in [4.69, 9.17) is 4.74 Å². The molecule has 3 heterocycles. The summed E-state index contributed by atoms with van der Waals surface area (Å²) in [5.41, 5.74) is 3.14. The van der Waals surface area contributed by atoms with Crippen molar-refractivity contribution in [2.75, 3.05) is 24.6 Å². The molecule has 1 fully saturated rings. The molecule has 0 saturated carbocycles. The normalized spacial score (nSPS) is 19.1. The number of aryl methyl sites for hydroxylation is 2. The Morgan fingerprint density at radius 1 is 1.06 bits per heavy atom. The van der Waals surface area contributed by atoms with Crippen LogP contribution in [0, 0.1) is 18.7 Å². The Labute approximate surface area is 281 Å². The Bertz CT molecular complexity index is 1780. The molecule has 0 spiro atoms.